The van der Waals surface area contributed by atoms with Gasteiger partial charge < -0.3 is 19.1 Å². The Morgan fingerprint density at radius 1 is 0.542 bits per heavy atom. The third-order valence-electron chi connectivity index (χ3n) is 11.6. The standard InChI is InChI=1S/C53H49N4O.Pt/c1-51(2,3)37-24-27-47-49(31-37)56(35-55(47)40-19-14-18-39(30-40)53(7,8)36-16-10-9-11-17-36)41-20-15-21-42(33-41)58-43-25-26-45-44-22-12-13-23-46(44)57(48(45)34-43)50-32-38(28-29-54-50)52(4,5)6;/h9-32,35H,1-8H3;/q-3;. The molecule has 5 nitrogen and oxygen atoms in total. The van der Waals surface area contributed by atoms with Crippen molar-refractivity contribution in [1.29, 1.82) is 0 Å². The van der Waals surface area contributed by atoms with E-state index in [1.165, 1.54) is 22.3 Å². The normalized spacial score (nSPS) is 13.2. The molecule has 0 unspecified atom stereocenters. The molecular formula is C53H49N4OPt-3. The Morgan fingerprint density at radius 3 is 2.02 bits per heavy atom. The predicted octanol–water partition coefficient (Wildman–Crippen LogP) is 13.9. The van der Waals surface area contributed by atoms with Crippen LogP contribution in [0, 0.1) is 18.8 Å². The van der Waals surface area contributed by atoms with Gasteiger partial charge in [-0.2, -0.15) is 12.1 Å². The molecule has 0 bridgehead atoms. The second kappa shape index (κ2) is 15.2. The number of rotatable bonds is 7. The van der Waals surface area contributed by atoms with E-state index in [4.69, 9.17) is 9.72 Å². The van der Waals surface area contributed by atoms with E-state index >= 15 is 0 Å². The monoisotopic (exact) mass is 952 g/mol. The second-order valence-corrected chi connectivity index (χ2v) is 17.9. The predicted molar refractivity (Wildman–Crippen MR) is 240 cm³/mol. The Labute approximate surface area is 363 Å². The first-order valence-electron chi connectivity index (χ1n) is 20.1. The molecule has 6 aromatic carbocycles. The van der Waals surface area contributed by atoms with E-state index in [-0.39, 0.29) is 37.3 Å². The Kier molecular flexibility index (Phi) is 10.3. The van der Waals surface area contributed by atoms with Crippen LogP contribution in [-0.4, -0.2) is 9.55 Å². The van der Waals surface area contributed by atoms with E-state index in [9.17, 15) is 0 Å². The van der Waals surface area contributed by atoms with E-state index in [1.807, 2.05) is 24.4 Å². The van der Waals surface area contributed by atoms with Gasteiger partial charge in [0.25, 0.3) is 0 Å². The maximum atomic E-state index is 6.63. The molecule has 8 aromatic rings. The molecular weight excluding hydrogens is 904 g/mol. The van der Waals surface area contributed by atoms with Gasteiger partial charge in [0.1, 0.15) is 5.82 Å². The van der Waals surface area contributed by atoms with Gasteiger partial charge in [-0.05, 0) is 80.9 Å². The van der Waals surface area contributed by atoms with Crippen LogP contribution < -0.4 is 14.5 Å². The van der Waals surface area contributed by atoms with Gasteiger partial charge in [-0.1, -0.05) is 128 Å². The zero-order valence-corrected chi connectivity index (χ0v) is 37.2. The van der Waals surface area contributed by atoms with Crippen molar-refractivity contribution < 1.29 is 25.8 Å². The van der Waals surface area contributed by atoms with Crippen LogP contribution in [0.1, 0.15) is 77.6 Å². The molecule has 59 heavy (non-hydrogen) atoms. The van der Waals surface area contributed by atoms with Gasteiger partial charge in [0, 0.05) is 66.8 Å². The number of fused-ring (bicyclic) bond motifs is 4. The van der Waals surface area contributed by atoms with Crippen molar-refractivity contribution in [3.8, 4) is 17.3 Å². The quantitative estimate of drug-likeness (QED) is 0.149. The molecule has 0 saturated carbocycles. The zero-order valence-electron chi connectivity index (χ0n) is 34.9. The summed E-state index contributed by atoms with van der Waals surface area (Å²) < 4.78 is 8.82. The van der Waals surface area contributed by atoms with Crippen LogP contribution in [0.5, 0.6) is 11.5 Å². The summed E-state index contributed by atoms with van der Waals surface area (Å²) in [6.45, 7) is 20.2. The van der Waals surface area contributed by atoms with Gasteiger partial charge in [0.2, 0.25) is 0 Å². The third kappa shape index (κ3) is 7.47. The van der Waals surface area contributed by atoms with Crippen LogP contribution in [0.3, 0.4) is 0 Å². The molecule has 0 spiro atoms. The molecule has 0 N–H and O–H groups in total. The summed E-state index contributed by atoms with van der Waals surface area (Å²) in [5, 5.41) is 2.24. The summed E-state index contributed by atoms with van der Waals surface area (Å²) in [5.74, 6) is 2.07. The smallest absolute Gasteiger partial charge is 0.135 e. The molecule has 0 amide bonds. The summed E-state index contributed by atoms with van der Waals surface area (Å²) in [6.07, 6.45) is 1.90. The molecule has 300 valence electrons. The van der Waals surface area contributed by atoms with Crippen molar-refractivity contribution in [2.24, 2.45) is 0 Å². The molecule has 1 aliphatic heterocycles. The number of pyridine rings is 1. The Hall–Kier alpha value is -5.64. The molecule has 0 aliphatic carbocycles. The summed E-state index contributed by atoms with van der Waals surface area (Å²) in [7, 11) is 0. The van der Waals surface area contributed by atoms with Gasteiger partial charge >= 0.3 is 0 Å². The molecule has 3 heterocycles. The van der Waals surface area contributed by atoms with Crippen LogP contribution in [0.4, 0.5) is 22.7 Å². The number of nitrogens with zero attached hydrogens (tertiary/aromatic N) is 4. The third-order valence-corrected chi connectivity index (χ3v) is 11.6. The van der Waals surface area contributed by atoms with Crippen LogP contribution in [-0.2, 0) is 37.3 Å². The minimum Gasteiger partial charge on any atom is -0.509 e. The second-order valence-electron chi connectivity index (χ2n) is 17.9. The molecule has 0 atom stereocenters. The van der Waals surface area contributed by atoms with Gasteiger partial charge in [0.15, 0.2) is 0 Å². The molecule has 0 saturated heterocycles. The van der Waals surface area contributed by atoms with Crippen LogP contribution in [0.2, 0.25) is 0 Å². The van der Waals surface area contributed by atoms with Crippen molar-refractivity contribution in [3.63, 3.8) is 0 Å². The average Bonchev–Trinajstić information content (AvgIpc) is 3.76. The van der Waals surface area contributed by atoms with E-state index in [0.29, 0.717) is 11.5 Å². The topological polar surface area (TPSA) is 33.5 Å². The largest absolute Gasteiger partial charge is 0.509 e. The van der Waals surface area contributed by atoms with Crippen molar-refractivity contribution in [3.05, 3.63) is 187 Å². The van der Waals surface area contributed by atoms with E-state index in [1.54, 1.807) is 0 Å². The number of benzene rings is 6. The molecule has 1 aliphatic rings. The fourth-order valence-electron chi connectivity index (χ4n) is 8.02. The zero-order chi connectivity index (χ0) is 40.4. The van der Waals surface area contributed by atoms with E-state index in [2.05, 4.69) is 210 Å². The maximum absolute atomic E-state index is 6.63. The Morgan fingerprint density at radius 2 is 1.24 bits per heavy atom. The maximum Gasteiger partial charge on any atom is 0.135 e. The van der Waals surface area contributed by atoms with Crippen molar-refractivity contribution in [2.45, 2.75) is 71.6 Å². The molecule has 6 heteroatoms. The number of anilines is 4. The Balaban J connectivity index is 0.00000484. The van der Waals surface area contributed by atoms with Crippen LogP contribution in [0.15, 0.2) is 146 Å². The van der Waals surface area contributed by atoms with E-state index < -0.39 is 0 Å². The van der Waals surface area contributed by atoms with Gasteiger partial charge in [-0.15, -0.1) is 48.1 Å². The van der Waals surface area contributed by atoms with E-state index in [0.717, 1.165) is 50.4 Å². The SMILES string of the molecule is CC(C)(C)c1ccnc(-n2c3[c-]c(Oc4[c-]c(N5[CH-]N(c6cccc(C(C)(C)c7ccccc7)c6)c6ccc(C(C)(C)C)cc65)ccc4)ccc3c3ccccc32)c1.[Pt]. The average molecular weight is 953 g/mol. The number of ether oxygens (including phenoxy) is 1. The van der Waals surface area contributed by atoms with Crippen molar-refractivity contribution in [1.82, 2.24) is 9.55 Å². The van der Waals surface area contributed by atoms with Crippen molar-refractivity contribution in [2.75, 3.05) is 9.80 Å². The number of aromatic nitrogens is 2. The first-order valence-corrected chi connectivity index (χ1v) is 20.1. The van der Waals surface area contributed by atoms with Crippen LogP contribution in [0.25, 0.3) is 27.6 Å². The molecule has 0 radical (unpaired) electrons. The van der Waals surface area contributed by atoms with Gasteiger partial charge in [-0.25, -0.2) is 4.98 Å². The minimum absolute atomic E-state index is 0. The van der Waals surface area contributed by atoms with Gasteiger partial charge in [-0.3, -0.25) is 0 Å². The summed E-state index contributed by atoms with van der Waals surface area (Å²) in [5.41, 5.74) is 11.0. The number of hydrogen-bond donors (Lipinski definition) is 0. The summed E-state index contributed by atoms with van der Waals surface area (Å²) in [4.78, 5) is 9.36. The first-order chi connectivity index (χ1) is 27.8. The molecule has 2 aromatic heterocycles. The van der Waals surface area contributed by atoms with Crippen LogP contribution >= 0.6 is 0 Å². The summed E-state index contributed by atoms with van der Waals surface area (Å²) >= 11 is 0. The fraction of sp³-hybridized carbons (Fsp3) is 0.208. The minimum atomic E-state index is -0.170. The molecule has 0 fully saturated rings. The first kappa shape index (κ1) is 40.2. The number of hydrogen-bond acceptors (Lipinski definition) is 4. The molecule has 9 rings (SSSR count). The van der Waals surface area contributed by atoms with Crippen molar-refractivity contribution >= 4 is 44.6 Å². The van der Waals surface area contributed by atoms with Gasteiger partial charge in [0.05, 0.1) is 0 Å². The summed E-state index contributed by atoms with van der Waals surface area (Å²) in [6, 6.07) is 56.6. The fourth-order valence-corrected chi connectivity index (χ4v) is 8.02. The number of para-hydroxylation sites is 1. The Bertz CT molecular complexity index is 2810.